The predicted octanol–water partition coefficient (Wildman–Crippen LogP) is 1.47. The third-order valence-electron chi connectivity index (χ3n) is 2.91. The van der Waals surface area contributed by atoms with E-state index in [4.69, 9.17) is 16.3 Å². The van der Waals surface area contributed by atoms with Crippen LogP contribution < -0.4 is 4.74 Å². The van der Waals surface area contributed by atoms with E-state index in [1.165, 1.54) is 0 Å². The lowest BCUT2D eigenvalue weighted by atomic mass is 10.1. The summed E-state index contributed by atoms with van der Waals surface area (Å²) in [5, 5.41) is -0.458. The van der Waals surface area contributed by atoms with Crippen LogP contribution in [0.25, 0.3) is 0 Å². The average molecular weight is 270 g/mol. The average Bonchev–Trinajstić information content (AvgIpc) is 2.40. The molecule has 0 radical (unpaired) electrons. The quantitative estimate of drug-likeness (QED) is 0.780. The van der Waals surface area contributed by atoms with Crippen LogP contribution in [0.1, 0.15) is 19.8 Å². The summed E-state index contributed by atoms with van der Waals surface area (Å²) in [5.41, 5.74) is 0. The molecule has 0 aliphatic carbocycles. The van der Waals surface area contributed by atoms with Crippen LogP contribution in [0.3, 0.4) is 0 Å². The van der Waals surface area contributed by atoms with Crippen LogP contribution in [0, 0.1) is 0 Å². The first-order chi connectivity index (χ1) is 8.66. The van der Waals surface area contributed by atoms with Crippen molar-refractivity contribution in [1.82, 2.24) is 14.9 Å². The van der Waals surface area contributed by atoms with Crippen molar-refractivity contribution in [2.45, 2.75) is 31.2 Å². The monoisotopic (exact) mass is 269 g/mol. The first-order valence-corrected chi connectivity index (χ1v) is 6.47. The highest BCUT2D eigenvalue weighted by Crippen LogP contribution is 2.16. The molecule has 1 saturated heterocycles. The lowest BCUT2D eigenvalue weighted by Gasteiger charge is -2.32. The molecule has 1 fully saturated rings. The van der Waals surface area contributed by atoms with Gasteiger partial charge in [0.05, 0.1) is 0 Å². The first-order valence-electron chi connectivity index (χ1n) is 6.03. The second kappa shape index (κ2) is 6.00. The van der Waals surface area contributed by atoms with E-state index in [1.807, 2.05) is 0 Å². The summed E-state index contributed by atoms with van der Waals surface area (Å²) in [7, 11) is 0. The highest BCUT2D eigenvalue weighted by molar-refractivity contribution is 6.30. The van der Waals surface area contributed by atoms with E-state index < -0.39 is 5.38 Å². The fourth-order valence-corrected chi connectivity index (χ4v) is 2.08. The van der Waals surface area contributed by atoms with Gasteiger partial charge in [0, 0.05) is 38.3 Å². The zero-order chi connectivity index (χ0) is 13.0. The maximum Gasteiger partial charge on any atom is 0.316 e. The molecule has 1 atom stereocenters. The number of nitrogens with zero attached hydrogens (tertiary/aromatic N) is 3. The largest absolute Gasteiger partial charge is 0.460 e. The molecule has 5 nitrogen and oxygen atoms in total. The van der Waals surface area contributed by atoms with E-state index in [9.17, 15) is 4.79 Å². The SMILES string of the molecule is CC(Cl)C(=O)N1CCC(Oc2ncccn2)CC1. The Hall–Kier alpha value is -1.36. The number of amides is 1. The van der Waals surface area contributed by atoms with Gasteiger partial charge in [0.2, 0.25) is 5.91 Å². The second-order valence-electron chi connectivity index (χ2n) is 4.29. The molecule has 98 valence electrons. The molecule has 1 aliphatic heterocycles. The Kier molecular flexibility index (Phi) is 4.36. The number of aromatic nitrogens is 2. The fourth-order valence-electron chi connectivity index (χ4n) is 1.94. The molecule has 1 unspecified atom stereocenters. The molecule has 1 aliphatic rings. The van der Waals surface area contributed by atoms with Gasteiger partial charge in [-0.2, -0.15) is 0 Å². The molecule has 0 N–H and O–H groups in total. The number of rotatable bonds is 3. The Labute approximate surface area is 111 Å². The van der Waals surface area contributed by atoms with Crippen LogP contribution in [-0.4, -0.2) is 45.3 Å². The van der Waals surface area contributed by atoms with Gasteiger partial charge < -0.3 is 9.64 Å². The van der Waals surface area contributed by atoms with Crippen molar-refractivity contribution in [3.05, 3.63) is 18.5 Å². The standard InChI is InChI=1S/C12H16ClN3O2/c1-9(13)11(17)16-7-3-10(4-8-16)18-12-14-5-2-6-15-12/h2,5-6,9-10H,3-4,7-8H2,1H3. The third-order valence-corrected chi connectivity index (χ3v) is 3.09. The number of halogens is 1. The van der Waals surface area contributed by atoms with Crippen LogP contribution in [0.5, 0.6) is 6.01 Å². The van der Waals surface area contributed by atoms with Crippen LogP contribution >= 0.6 is 11.6 Å². The van der Waals surface area contributed by atoms with Gasteiger partial charge in [0.25, 0.3) is 0 Å². The number of likely N-dealkylation sites (tertiary alicyclic amines) is 1. The van der Waals surface area contributed by atoms with E-state index in [2.05, 4.69) is 9.97 Å². The van der Waals surface area contributed by atoms with Crippen LogP contribution in [0.2, 0.25) is 0 Å². The molecule has 1 aromatic heterocycles. The lowest BCUT2D eigenvalue weighted by Crippen LogP contribution is -2.44. The van der Waals surface area contributed by atoms with Crippen molar-refractivity contribution in [2.24, 2.45) is 0 Å². The predicted molar refractivity (Wildman–Crippen MR) is 67.6 cm³/mol. The van der Waals surface area contributed by atoms with Crippen LogP contribution in [0.15, 0.2) is 18.5 Å². The van der Waals surface area contributed by atoms with Gasteiger partial charge in [-0.1, -0.05) is 0 Å². The van der Waals surface area contributed by atoms with Gasteiger partial charge in [-0.3, -0.25) is 4.79 Å². The molecule has 0 bridgehead atoms. The summed E-state index contributed by atoms with van der Waals surface area (Å²) in [6, 6.07) is 2.14. The molecule has 1 amide bonds. The minimum atomic E-state index is -0.458. The number of alkyl halides is 1. The van der Waals surface area contributed by atoms with E-state index >= 15 is 0 Å². The van der Waals surface area contributed by atoms with Crippen LogP contribution in [0.4, 0.5) is 0 Å². The topological polar surface area (TPSA) is 55.3 Å². The maximum absolute atomic E-state index is 11.7. The zero-order valence-corrected chi connectivity index (χ0v) is 11.0. The van der Waals surface area contributed by atoms with Crippen molar-refractivity contribution in [3.8, 4) is 6.01 Å². The van der Waals surface area contributed by atoms with Gasteiger partial charge in [0.1, 0.15) is 11.5 Å². The lowest BCUT2D eigenvalue weighted by molar-refractivity contribution is -0.132. The summed E-state index contributed by atoms with van der Waals surface area (Å²) in [6.45, 7) is 3.05. The molecular formula is C12H16ClN3O2. The normalized spacial score (nSPS) is 18.4. The van der Waals surface area contributed by atoms with E-state index in [0.29, 0.717) is 19.1 Å². The Bertz CT molecular complexity index is 392. The molecular weight excluding hydrogens is 254 g/mol. The fraction of sp³-hybridized carbons (Fsp3) is 0.583. The van der Waals surface area contributed by atoms with Crippen LogP contribution in [-0.2, 0) is 4.79 Å². The Morgan fingerprint density at radius 2 is 2.06 bits per heavy atom. The smallest absolute Gasteiger partial charge is 0.316 e. The number of ether oxygens (including phenoxy) is 1. The highest BCUT2D eigenvalue weighted by Gasteiger charge is 2.26. The third kappa shape index (κ3) is 3.32. The Morgan fingerprint density at radius 3 is 2.61 bits per heavy atom. The molecule has 1 aromatic rings. The van der Waals surface area contributed by atoms with Crippen molar-refractivity contribution < 1.29 is 9.53 Å². The number of piperidine rings is 1. The van der Waals surface area contributed by atoms with Gasteiger partial charge in [-0.15, -0.1) is 11.6 Å². The molecule has 6 heteroatoms. The molecule has 18 heavy (non-hydrogen) atoms. The zero-order valence-electron chi connectivity index (χ0n) is 10.3. The minimum Gasteiger partial charge on any atom is -0.460 e. The van der Waals surface area contributed by atoms with Gasteiger partial charge in [-0.25, -0.2) is 9.97 Å². The molecule has 0 spiro atoms. The van der Waals surface area contributed by atoms with Gasteiger partial charge in [0.15, 0.2) is 0 Å². The summed E-state index contributed by atoms with van der Waals surface area (Å²) >= 11 is 5.79. The van der Waals surface area contributed by atoms with Crippen molar-refractivity contribution >= 4 is 17.5 Å². The maximum atomic E-state index is 11.7. The Morgan fingerprint density at radius 1 is 1.44 bits per heavy atom. The van der Waals surface area contributed by atoms with E-state index in [1.54, 1.807) is 30.3 Å². The summed E-state index contributed by atoms with van der Waals surface area (Å²) in [6.07, 6.45) is 4.94. The van der Waals surface area contributed by atoms with E-state index in [0.717, 1.165) is 12.8 Å². The van der Waals surface area contributed by atoms with Gasteiger partial charge in [-0.05, 0) is 13.0 Å². The van der Waals surface area contributed by atoms with E-state index in [-0.39, 0.29) is 12.0 Å². The first kappa shape index (κ1) is 13.1. The van der Waals surface area contributed by atoms with Crippen molar-refractivity contribution in [1.29, 1.82) is 0 Å². The molecule has 0 aromatic carbocycles. The summed E-state index contributed by atoms with van der Waals surface area (Å²) in [5.74, 6) is -0.00826. The molecule has 2 rings (SSSR count). The number of hydrogen-bond donors (Lipinski definition) is 0. The number of hydrogen-bond acceptors (Lipinski definition) is 4. The molecule has 2 heterocycles. The molecule has 0 saturated carbocycles. The highest BCUT2D eigenvalue weighted by atomic mass is 35.5. The number of carbonyl (C=O) groups is 1. The second-order valence-corrected chi connectivity index (χ2v) is 4.94. The summed E-state index contributed by atoms with van der Waals surface area (Å²) < 4.78 is 5.65. The van der Waals surface area contributed by atoms with Gasteiger partial charge >= 0.3 is 6.01 Å². The minimum absolute atomic E-state index is 0.00826. The number of carbonyl (C=O) groups excluding carboxylic acids is 1. The summed E-state index contributed by atoms with van der Waals surface area (Å²) in [4.78, 5) is 21.5. The van der Waals surface area contributed by atoms with Crippen molar-refractivity contribution in [3.63, 3.8) is 0 Å². The Balaban J connectivity index is 1.82. The van der Waals surface area contributed by atoms with Crippen molar-refractivity contribution in [2.75, 3.05) is 13.1 Å².